The summed E-state index contributed by atoms with van der Waals surface area (Å²) in [7, 11) is 0. The molecule has 0 radical (unpaired) electrons. The number of benzene rings is 1. The number of hydrogen-bond donors (Lipinski definition) is 1. The molecule has 1 rings (SSSR count). The average molecular weight is 240 g/mol. The van der Waals surface area contributed by atoms with Gasteiger partial charge in [-0.25, -0.2) is 0 Å². The molecule has 0 unspecified atom stereocenters. The van der Waals surface area contributed by atoms with E-state index in [-0.39, 0.29) is 10.6 Å². The summed E-state index contributed by atoms with van der Waals surface area (Å²) in [5.74, 6) is 0.901. The summed E-state index contributed by atoms with van der Waals surface area (Å²) in [5.41, 5.74) is 0.205. The largest absolute Gasteiger partial charge is 0.317 e. The number of nitrogens with one attached hydrogen (secondary N) is 1. The molecule has 0 aromatic heterocycles. The van der Waals surface area contributed by atoms with Crippen LogP contribution in [0.4, 0.5) is 5.69 Å². The Labute approximate surface area is 99.6 Å². The van der Waals surface area contributed by atoms with Gasteiger partial charge in [0.1, 0.15) is 0 Å². The Bertz CT molecular complexity index is 345. The second-order valence-electron chi connectivity index (χ2n) is 3.28. The van der Waals surface area contributed by atoms with Gasteiger partial charge in [0.2, 0.25) is 0 Å². The van der Waals surface area contributed by atoms with Crippen LogP contribution in [0.1, 0.15) is 13.3 Å². The number of nitro benzene ring substituents is 1. The first-order chi connectivity index (χ1) is 7.75. The van der Waals surface area contributed by atoms with Crippen molar-refractivity contribution in [3.8, 4) is 0 Å². The molecule has 1 aromatic rings. The topological polar surface area (TPSA) is 55.2 Å². The van der Waals surface area contributed by atoms with Gasteiger partial charge in [0.25, 0.3) is 5.69 Å². The van der Waals surface area contributed by atoms with Crippen LogP contribution in [0, 0.1) is 10.1 Å². The predicted molar refractivity (Wildman–Crippen MR) is 67.0 cm³/mol. The summed E-state index contributed by atoms with van der Waals surface area (Å²) < 4.78 is 0. The van der Waals surface area contributed by atoms with Gasteiger partial charge < -0.3 is 5.32 Å². The molecule has 16 heavy (non-hydrogen) atoms. The molecule has 0 saturated carbocycles. The number of hydrogen-bond acceptors (Lipinski definition) is 4. The van der Waals surface area contributed by atoms with Gasteiger partial charge in [0.05, 0.1) is 9.82 Å². The van der Waals surface area contributed by atoms with Gasteiger partial charge in [-0.05, 0) is 31.3 Å². The minimum atomic E-state index is -0.327. The van der Waals surface area contributed by atoms with Crippen LogP contribution < -0.4 is 5.32 Å². The van der Waals surface area contributed by atoms with E-state index in [4.69, 9.17) is 0 Å². The molecule has 1 N–H and O–H groups in total. The van der Waals surface area contributed by atoms with Crippen molar-refractivity contribution in [3.05, 3.63) is 34.4 Å². The summed E-state index contributed by atoms with van der Waals surface area (Å²) in [6, 6.07) is 6.88. The minimum Gasteiger partial charge on any atom is -0.317 e. The highest BCUT2D eigenvalue weighted by atomic mass is 32.2. The van der Waals surface area contributed by atoms with Crippen molar-refractivity contribution in [1.29, 1.82) is 0 Å². The molecule has 0 atom stereocenters. The second kappa shape index (κ2) is 7.24. The summed E-state index contributed by atoms with van der Waals surface area (Å²) >= 11 is 1.54. The Morgan fingerprint density at radius 3 is 2.88 bits per heavy atom. The van der Waals surface area contributed by atoms with Crippen molar-refractivity contribution in [2.45, 2.75) is 18.2 Å². The molecule has 0 aliphatic carbocycles. The fourth-order valence-corrected chi connectivity index (χ4v) is 2.26. The molecule has 0 spiro atoms. The summed E-state index contributed by atoms with van der Waals surface area (Å²) in [5, 5.41) is 14.0. The first-order valence-corrected chi connectivity index (χ1v) is 6.31. The highest BCUT2D eigenvalue weighted by Crippen LogP contribution is 2.28. The monoisotopic (exact) mass is 240 g/mol. The maximum atomic E-state index is 10.7. The lowest BCUT2D eigenvalue weighted by molar-refractivity contribution is -0.387. The highest BCUT2D eigenvalue weighted by Gasteiger charge is 2.11. The van der Waals surface area contributed by atoms with Gasteiger partial charge in [-0.3, -0.25) is 10.1 Å². The first kappa shape index (κ1) is 13.0. The Kier molecular flexibility index (Phi) is 5.88. The maximum absolute atomic E-state index is 10.7. The van der Waals surface area contributed by atoms with Crippen molar-refractivity contribution < 1.29 is 4.92 Å². The highest BCUT2D eigenvalue weighted by molar-refractivity contribution is 7.99. The number of para-hydroxylation sites is 1. The SMILES string of the molecule is CCNCCCSc1ccccc1[N+](=O)[O-]. The van der Waals surface area contributed by atoms with Gasteiger partial charge in [-0.15, -0.1) is 11.8 Å². The minimum absolute atomic E-state index is 0.205. The quantitative estimate of drug-likeness (QED) is 0.344. The van der Waals surface area contributed by atoms with E-state index in [0.717, 1.165) is 30.2 Å². The van der Waals surface area contributed by atoms with Crippen LogP contribution in [0.15, 0.2) is 29.2 Å². The zero-order valence-corrected chi connectivity index (χ0v) is 10.1. The van der Waals surface area contributed by atoms with Crippen LogP contribution in [-0.4, -0.2) is 23.8 Å². The molecule has 4 nitrogen and oxygen atoms in total. The van der Waals surface area contributed by atoms with Crippen LogP contribution in [0.5, 0.6) is 0 Å². The lowest BCUT2D eigenvalue weighted by Crippen LogP contribution is -2.14. The van der Waals surface area contributed by atoms with Crippen molar-refractivity contribution in [3.63, 3.8) is 0 Å². The molecule has 5 heteroatoms. The zero-order valence-electron chi connectivity index (χ0n) is 9.31. The van der Waals surface area contributed by atoms with E-state index in [2.05, 4.69) is 12.2 Å². The maximum Gasteiger partial charge on any atom is 0.282 e. The van der Waals surface area contributed by atoms with Crippen molar-refractivity contribution in [2.75, 3.05) is 18.8 Å². The predicted octanol–water partition coefficient (Wildman–Crippen LogP) is 2.69. The second-order valence-corrected chi connectivity index (χ2v) is 4.42. The van der Waals surface area contributed by atoms with E-state index < -0.39 is 0 Å². The molecule has 0 saturated heterocycles. The number of thioether (sulfide) groups is 1. The smallest absolute Gasteiger partial charge is 0.282 e. The third kappa shape index (κ3) is 4.20. The normalized spacial score (nSPS) is 10.3. The van der Waals surface area contributed by atoms with Gasteiger partial charge in [0, 0.05) is 6.07 Å². The Morgan fingerprint density at radius 1 is 1.44 bits per heavy atom. The van der Waals surface area contributed by atoms with E-state index in [0.29, 0.717) is 0 Å². The standard InChI is InChI=1S/C11H16N2O2S/c1-2-12-8-5-9-16-11-7-4-3-6-10(11)13(14)15/h3-4,6-7,12H,2,5,8-9H2,1H3. The van der Waals surface area contributed by atoms with Crippen molar-refractivity contribution in [1.82, 2.24) is 5.32 Å². The summed E-state index contributed by atoms with van der Waals surface area (Å²) in [6.07, 6.45) is 1.02. The molecule has 0 aliphatic heterocycles. The molecule has 88 valence electrons. The van der Waals surface area contributed by atoms with Crippen LogP contribution >= 0.6 is 11.8 Å². The molecular formula is C11H16N2O2S. The van der Waals surface area contributed by atoms with Crippen LogP contribution in [0.2, 0.25) is 0 Å². The molecular weight excluding hydrogens is 224 g/mol. The summed E-state index contributed by atoms with van der Waals surface area (Å²) in [4.78, 5) is 11.2. The molecule has 0 heterocycles. The van der Waals surface area contributed by atoms with E-state index >= 15 is 0 Å². The lowest BCUT2D eigenvalue weighted by Gasteiger charge is -2.03. The van der Waals surface area contributed by atoms with Crippen molar-refractivity contribution in [2.24, 2.45) is 0 Å². The molecule has 0 aliphatic rings. The van der Waals surface area contributed by atoms with Gasteiger partial charge in [-0.2, -0.15) is 0 Å². The fraction of sp³-hybridized carbons (Fsp3) is 0.455. The van der Waals surface area contributed by atoms with Gasteiger partial charge >= 0.3 is 0 Å². The van der Waals surface area contributed by atoms with Crippen LogP contribution in [0.25, 0.3) is 0 Å². The van der Waals surface area contributed by atoms with E-state index in [1.807, 2.05) is 6.07 Å². The van der Waals surface area contributed by atoms with Gasteiger partial charge in [0.15, 0.2) is 0 Å². The van der Waals surface area contributed by atoms with E-state index in [9.17, 15) is 10.1 Å². The van der Waals surface area contributed by atoms with Crippen LogP contribution in [0.3, 0.4) is 0 Å². The summed E-state index contributed by atoms with van der Waals surface area (Å²) in [6.45, 7) is 4.00. The van der Waals surface area contributed by atoms with Crippen molar-refractivity contribution >= 4 is 17.4 Å². The Balaban J connectivity index is 2.44. The molecule has 0 amide bonds. The third-order valence-corrected chi connectivity index (χ3v) is 3.22. The van der Waals surface area contributed by atoms with E-state index in [1.165, 1.54) is 0 Å². The third-order valence-electron chi connectivity index (χ3n) is 2.07. The Hall–Kier alpha value is -1.07. The molecule has 0 bridgehead atoms. The number of nitro groups is 1. The molecule has 1 aromatic carbocycles. The average Bonchev–Trinajstić information content (AvgIpc) is 2.29. The lowest BCUT2D eigenvalue weighted by atomic mass is 10.3. The zero-order chi connectivity index (χ0) is 11.8. The Morgan fingerprint density at radius 2 is 2.19 bits per heavy atom. The number of rotatable bonds is 7. The van der Waals surface area contributed by atoms with E-state index in [1.54, 1.807) is 30.0 Å². The number of nitrogens with zero attached hydrogens (tertiary/aromatic N) is 1. The van der Waals surface area contributed by atoms with Crippen LogP contribution in [-0.2, 0) is 0 Å². The van der Waals surface area contributed by atoms with Gasteiger partial charge in [-0.1, -0.05) is 19.1 Å². The first-order valence-electron chi connectivity index (χ1n) is 5.32. The molecule has 0 fully saturated rings. The fourth-order valence-electron chi connectivity index (χ4n) is 1.29.